The molecular formula is C23H19N2O6S-. The number of aromatic carboxylic acids is 1. The van der Waals surface area contributed by atoms with Crippen LogP contribution in [0.3, 0.4) is 0 Å². The predicted molar refractivity (Wildman–Crippen MR) is 117 cm³/mol. The predicted octanol–water partition coefficient (Wildman–Crippen LogP) is 2.61. The van der Waals surface area contributed by atoms with Gasteiger partial charge in [-0.15, -0.1) is 0 Å². The molecule has 0 heterocycles. The van der Waals surface area contributed by atoms with Gasteiger partial charge >= 0.3 is 0 Å². The van der Waals surface area contributed by atoms with Crippen LogP contribution in [0.2, 0.25) is 0 Å². The molecule has 0 fully saturated rings. The van der Waals surface area contributed by atoms with E-state index >= 15 is 0 Å². The molecule has 0 atom stereocenters. The minimum atomic E-state index is -4.01. The van der Waals surface area contributed by atoms with Gasteiger partial charge in [-0.1, -0.05) is 18.2 Å². The second-order valence-electron chi connectivity index (χ2n) is 7.04. The molecule has 164 valence electrons. The number of Topliss-reactive ketones (excluding diaryl/α,β-unsaturated/α-hetero) is 1. The number of carbonyl (C=O) groups excluding carboxylic acids is 3. The molecule has 3 aromatic carbocycles. The van der Waals surface area contributed by atoms with Crippen LogP contribution < -0.4 is 15.1 Å². The summed E-state index contributed by atoms with van der Waals surface area (Å²) in [5.41, 5.74) is 1.58. The number of hydrogen-bond acceptors (Lipinski definition) is 6. The van der Waals surface area contributed by atoms with Gasteiger partial charge < -0.3 is 15.2 Å². The Kier molecular flexibility index (Phi) is 6.40. The highest BCUT2D eigenvalue weighted by atomic mass is 32.2. The summed E-state index contributed by atoms with van der Waals surface area (Å²) in [5, 5.41) is 13.4. The zero-order valence-electron chi connectivity index (χ0n) is 17.2. The maximum Gasteiger partial charge on any atom is 0.262 e. The molecule has 1 amide bonds. The van der Waals surface area contributed by atoms with E-state index in [9.17, 15) is 27.9 Å². The highest BCUT2D eigenvalue weighted by Gasteiger charge is 2.20. The number of anilines is 2. The van der Waals surface area contributed by atoms with Gasteiger partial charge in [0.2, 0.25) is 0 Å². The van der Waals surface area contributed by atoms with E-state index in [4.69, 9.17) is 0 Å². The molecule has 2 N–H and O–H groups in total. The quantitative estimate of drug-likeness (QED) is 0.531. The minimum absolute atomic E-state index is 0.0332. The zero-order chi connectivity index (χ0) is 23.5. The van der Waals surface area contributed by atoms with Crippen LogP contribution in [0.4, 0.5) is 11.4 Å². The van der Waals surface area contributed by atoms with E-state index in [1.165, 1.54) is 73.7 Å². The number of amides is 1. The summed E-state index contributed by atoms with van der Waals surface area (Å²) in [4.78, 5) is 34.7. The number of carbonyl (C=O) groups is 3. The van der Waals surface area contributed by atoms with Gasteiger partial charge in [-0.2, -0.15) is 0 Å². The highest BCUT2D eigenvalue weighted by Crippen LogP contribution is 2.22. The van der Waals surface area contributed by atoms with Gasteiger partial charge in [-0.3, -0.25) is 14.3 Å². The first-order valence-electron chi connectivity index (χ1n) is 9.44. The standard InChI is InChI=1S/C23H20N2O6S/c1-14-3-4-18(22(27)24-19-9-7-17(8-10-19)23(28)29)13-21(14)32(30,31)25-20-11-5-16(6-12-20)15(2)26/h3-13,25H,1-2H3,(H,24,27)(H,28,29)/p-1. The fourth-order valence-electron chi connectivity index (χ4n) is 2.91. The van der Waals surface area contributed by atoms with Crippen molar-refractivity contribution in [2.45, 2.75) is 18.7 Å². The van der Waals surface area contributed by atoms with E-state index in [0.717, 1.165) is 0 Å². The number of sulfonamides is 1. The number of aryl methyl sites for hydroxylation is 1. The van der Waals surface area contributed by atoms with Crippen molar-refractivity contribution in [3.05, 3.63) is 89.0 Å². The Balaban J connectivity index is 1.82. The monoisotopic (exact) mass is 451 g/mol. The fraction of sp³-hybridized carbons (Fsp3) is 0.0870. The fourth-order valence-corrected chi connectivity index (χ4v) is 4.24. The van der Waals surface area contributed by atoms with Gasteiger partial charge in [-0.25, -0.2) is 8.42 Å². The largest absolute Gasteiger partial charge is 0.545 e. The molecule has 0 bridgehead atoms. The summed E-state index contributed by atoms with van der Waals surface area (Å²) in [6.45, 7) is 3.02. The Morgan fingerprint density at radius 3 is 1.88 bits per heavy atom. The topological polar surface area (TPSA) is 132 Å². The average molecular weight is 451 g/mol. The third kappa shape index (κ3) is 5.19. The molecule has 0 aliphatic carbocycles. The van der Waals surface area contributed by atoms with Crippen LogP contribution in [0.25, 0.3) is 0 Å². The van der Waals surface area contributed by atoms with E-state index in [-0.39, 0.29) is 27.5 Å². The van der Waals surface area contributed by atoms with E-state index in [0.29, 0.717) is 16.8 Å². The van der Waals surface area contributed by atoms with Crippen molar-refractivity contribution in [1.82, 2.24) is 0 Å². The molecule has 32 heavy (non-hydrogen) atoms. The Morgan fingerprint density at radius 1 is 0.781 bits per heavy atom. The van der Waals surface area contributed by atoms with E-state index in [2.05, 4.69) is 10.0 Å². The van der Waals surface area contributed by atoms with E-state index in [1.54, 1.807) is 6.92 Å². The SMILES string of the molecule is CC(=O)c1ccc(NS(=O)(=O)c2cc(C(=O)Nc3ccc(C(=O)[O-])cc3)ccc2C)cc1. The van der Waals surface area contributed by atoms with Crippen molar-refractivity contribution in [2.24, 2.45) is 0 Å². The van der Waals surface area contributed by atoms with Gasteiger partial charge in [0.25, 0.3) is 15.9 Å². The third-order valence-electron chi connectivity index (χ3n) is 4.66. The molecule has 3 rings (SSSR count). The van der Waals surface area contributed by atoms with Gasteiger partial charge in [0.05, 0.1) is 10.9 Å². The minimum Gasteiger partial charge on any atom is -0.545 e. The van der Waals surface area contributed by atoms with Crippen LogP contribution in [-0.2, 0) is 10.0 Å². The van der Waals surface area contributed by atoms with Crippen LogP contribution >= 0.6 is 0 Å². The average Bonchev–Trinajstić information content (AvgIpc) is 2.74. The van der Waals surface area contributed by atoms with Crippen molar-refractivity contribution in [3.8, 4) is 0 Å². The summed E-state index contributed by atoms with van der Waals surface area (Å²) in [5.74, 6) is -2.03. The van der Waals surface area contributed by atoms with Gasteiger partial charge in [0.15, 0.2) is 5.78 Å². The van der Waals surface area contributed by atoms with Crippen molar-refractivity contribution in [1.29, 1.82) is 0 Å². The van der Waals surface area contributed by atoms with Crippen molar-refractivity contribution in [3.63, 3.8) is 0 Å². The summed E-state index contributed by atoms with van der Waals surface area (Å²) in [6.07, 6.45) is 0. The van der Waals surface area contributed by atoms with Gasteiger partial charge in [0, 0.05) is 22.5 Å². The van der Waals surface area contributed by atoms with Gasteiger partial charge in [0.1, 0.15) is 0 Å². The van der Waals surface area contributed by atoms with Crippen LogP contribution in [0.15, 0.2) is 71.6 Å². The van der Waals surface area contributed by atoms with Crippen LogP contribution in [0.5, 0.6) is 0 Å². The lowest BCUT2D eigenvalue weighted by Crippen LogP contribution is -2.22. The lowest BCUT2D eigenvalue weighted by Gasteiger charge is -2.13. The van der Waals surface area contributed by atoms with Crippen molar-refractivity contribution >= 4 is 39.1 Å². The Hall–Kier alpha value is -3.98. The van der Waals surface area contributed by atoms with E-state index < -0.39 is 21.9 Å². The molecule has 0 saturated carbocycles. The molecule has 9 heteroatoms. The Labute approximate surface area is 185 Å². The highest BCUT2D eigenvalue weighted by molar-refractivity contribution is 7.92. The maximum atomic E-state index is 12.9. The molecule has 0 radical (unpaired) electrons. The summed E-state index contributed by atoms with van der Waals surface area (Å²) in [6, 6.07) is 15.6. The smallest absolute Gasteiger partial charge is 0.262 e. The number of carboxylic acids is 1. The van der Waals surface area contributed by atoms with Crippen LogP contribution in [0, 0.1) is 6.92 Å². The molecule has 0 saturated heterocycles. The number of nitrogens with one attached hydrogen (secondary N) is 2. The van der Waals surface area contributed by atoms with Crippen LogP contribution in [0.1, 0.15) is 43.6 Å². The van der Waals surface area contributed by atoms with Crippen molar-refractivity contribution in [2.75, 3.05) is 10.0 Å². The Morgan fingerprint density at radius 2 is 1.31 bits per heavy atom. The normalized spacial score (nSPS) is 10.9. The molecule has 8 nitrogen and oxygen atoms in total. The molecule has 0 aliphatic rings. The number of rotatable bonds is 7. The second-order valence-corrected chi connectivity index (χ2v) is 8.69. The van der Waals surface area contributed by atoms with E-state index in [1.807, 2.05) is 0 Å². The lowest BCUT2D eigenvalue weighted by molar-refractivity contribution is -0.255. The molecule has 0 unspecified atom stereocenters. The first-order chi connectivity index (χ1) is 15.1. The lowest BCUT2D eigenvalue weighted by atomic mass is 10.1. The Bertz CT molecular complexity index is 1300. The third-order valence-corrected chi connectivity index (χ3v) is 6.19. The number of ketones is 1. The molecule has 3 aromatic rings. The summed E-state index contributed by atoms with van der Waals surface area (Å²) < 4.78 is 28.3. The molecule has 0 aromatic heterocycles. The molecule has 0 aliphatic heterocycles. The summed E-state index contributed by atoms with van der Waals surface area (Å²) >= 11 is 0. The maximum absolute atomic E-state index is 12.9. The first kappa shape index (κ1) is 22.7. The second kappa shape index (κ2) is 9.03. The van der Waals surface area contributed by atoms with Crippen molar-refractivity contribution < 1.29 is 27.9 Å². The first-order valence-corrected chi connectivity index (χ1v) is 10.9. The molecule has 0 spiro atoms. The zero-order valence-corrected chi connectivity index (χ0v) is 18.0. The van der Waals surface area contributed by atoms with Crippen LogP contribution in [-0.4, -0.2) is 26.1 Å². The molecular weight excluding hydrogens is 432 g/mol. The summed E-state index contributed by atoms with van der Waals surface area (Å²) in [7, 11) is -4.01. The van der Waals surface area contributed by atoms with Gasteiger partial charge in [-0.05, 0) is 73.5 Å². The number of carboxylic acid groups (broad SMARTS) is 1. The number of benzene rings is 3. The number of hydrogen-bond donors (Lipinski definition) is 2.